The first-order valence-electron chi connectivity index (χ1n) is 6.92. The van der Waals surface area contributed by atoms with Crippen LogP contribution in [0, 0.1) is 12.7 Å². The lowest BCUT2D eigenvalue weighted by Crippen LogP contribution is -2.40. The van der Waals surface area contributed by atoms with Gasteiger partial charge < -0.3 is 9.73 Å². The maximum absolute atomic E-state index is 13.2. The van der Waals surface area contributed by atoms with Crippen molar-refractivity contribution in [3.8, 4) is 0 Å². The summed E-state index contributed by atoms with van der Waals surface area (Å²) in [5.74, 6) is -3.24. The molecule has 23 heavy (non-hydrogen) atoms. The van der Waals surface area contributed by atoms with Gasteiger partial charge in [-0.3, -0.25) is 10.1 Å². The number of hydrogen-bond acceptors (Lipinski definition) is 3. The summed E-state index contributed by atoms with van der Waals surface area (Å²) in [5, 5.41) is 5.70. The number of hydrogen-bond donors (Lipinski definition) is 2. The molecule has 1 unspecified atom stereocenters. The Morgan fingerprint density at radius 1 is 1.48 bits per heavy atom. The molecule has 126 valence electrons. The van der Waals surface area contributed by atoms with Crippen molar-refractivity contribution >= 4 is 29.3 Å². The van der Waals surface area contributed by atoms with Crippen LogP contribution in [0.2, 0.25) is 0 Å². The lowest BCUT2D eigenvalue weighted by Gasteiger charge is -2.10. The molecule has 2 aromatic rings. The van der Waals surface area contributed by atoms with E-state index >= 15 is 0 Å². The number of carbonyl (C=O) groups excluding carboxylic acids is 1. The third-order valence-electron chi connectivity index (χ3n) is 3.85. The summed E-state index contributed by atoms with van der Waals surface area (Å²) in [7, 11) is 0. The number of carbonyl (C=O) groups is 1. The number of halogens is 4. The molecule has 2 N–H and O–H groups in total. The molecule has 1 aliphatic rings. The highest BCUT2D eigenvalue weighted by atomic mass is 35.5. The molecule has 1 aromatic carbocycles. The molecule has 1 saturated heterocycles. The van der Waals surface area contributed by atoms with Crippen LogP contribution in [0.3, 0.4) is 0 Å². The minimum absolute atomic E-state index is 0. The van der Waals surface area contributed by atoms with E-state index in [0.29, 0.717) is 16.7 Å². The lowest BCUT2D eigenvalue weighted by atomic mass is 10.1. The first kappa shape index (κ1) is 17.6. The monoisotopic (exact) mass is 348 g/mol. The summed E-state index contributed by atoms with van der Waals surface area (Å²) in [6.07, 6.45) is -0.511. The van der Waals surface area contributed by atoms with Gasteiger partial charge in [0.25, 0.3) is 5.92 Å². The standard InChI is InChI=1S/C15H15F3N2O2.ClH/c1-8-10-4-9(16)2-3-12(10)22-13(8)6-19-14(21)11-5-15(17,18)7-20-11;/h2-4,11,20H,5-7H2,1H3,(H,19,21);1H. The normalized spacial score (nSPS) is 19.6. The topological polar surface area (TPSA) is 54.3 Å². The molecular formula is C15H16ClF3N2O2. The average molecular weight is 349 g/mol. The summed E-state index contributed by atoms with van der Waals surface area (Å²) in [6.45, 7) is 1.34. The summed E-state index contributed by atoms with van der Waals surface area (Å²) < 4.78 is 44.9. The molecule has 0 radical (unpaired) electrons. The zero-order chi connectivity index (χ0) is 15.9. The third kappa shape index (κ3) is 3.61. The van der Waals surface area contributed by atoms with Gasteiger partial charge in [-0.25, -0.2) is 13.2 Å². The molecule has 4 nitrogen and oxygen atoms in total. The third-order valence-corrected chi connectivity index (χ3v) is 3.85. The molecule has 0 aliphatic carbocycles. The molecule has 0 saturated carbocycles. The highest BCUT2D eigenvalue weighted by molar-refractivity contribution is 5.85. The van der Waals surface area contributed by atoms with Crippen molar-refractivity contribution in [2.45, 2.75) is 31.9 Å². The van der Waals surface area contributed by atoms with Crippen LogP contribution in [0.25, 0.3) is 11.0 Å². The van der Waals surface area contributed by atoms with Gasteiger partial charge in [0.1, 0.15) is 17.2 Å². The fourth-order valence-corrected chi connectivity index (χ4v) is 2.60. The van der Waals surface area contributed by atoms with Crippen LogP contribution in [0.15, 0.2) is 22.6 Å². The Kier molecular flexibility index (Phi) is 4.91. The molecule has 0 spiro atoms. The van der Waals surface area contributed by atoms with E-state index in [0.717, 1.165) is 5.56 Å². The van der Waals surface area contributed by atoms with Crippen LogP contribution in [-0.4, -0.2) is 24.4 Å². The van der Waals surface area contributed by atoms with Gasteiger partial charge in [0, 0.05) is 17.4 Å². The largest absolute Gasteiger partial charge is 0.459 e. The SMILES string of the molecule is Cc1c(CNC(=O)C2CC(F)(F)CN2)oc2ccc(F)cc12.Cl. The average Bonchev–Trinajstić information content (AvgIpc) is 2.97. The zero-order valence-corrected chi connectivity index (χ0v) is 13.1. The quantitative estimate of drug-likeness (QED) is 0.896. The predicted octanol–water partition coefficient (Wildman–Crippen LogP) is 2.92. The van der Waals surface area contributed by atoms with Gasteiger partial charge in [-0.05, 0) is 25.1 Å². The Balaban J connectivity index is 0.00000192. The van der Waals surface area contributed by atoms with E-state index in [1.807, 2.05) is 0 Å². The number of aryl methyl sites for hydroxylation is 1. The van der Waals surface area contributed by atoms with Crippen LogP contribution < -0.4 is 10.6 Å². The van der Waals surface area contributed by atoms with E-state index in [4.69, 9.17) is 4.42 Å². The van der Waals surface area contributed by atoms with E-state index in [2.05, 4.69) is 10.6 Å². The summed E-state index contributed by atoms with van der Waals surface area (Å²) in [6, 6.07) is 3.26. The number of rotatable bonds is 3. The van der Waals surface area contributed by atoms with Crippen LogP contribution in [0.5, 0.6) is 0 Å². The van der Waals surface area contributed by atoms with Crippen molar-refractivity contribution < 1.29 is 22.4 Å². The Bertz CT molecular complexity index is 733. The van der Waals surface area contributed by atoms with Gasteiger partial charge in [-0.15, -0.1) is 12.4 Å². The summed E-state index contributed by atoms with van der Waals surface area (Å²) in [4.78, 5) is 11.9. The molecule has 1 amide bonds. The van der Waals surface area contributed by atoms with E-state index in [-0.39, 0.29) is 24.8 Å². The molecule has 1 aromatic heterocycles. The van der Waals surface area contributed by atoms with Crippen molar-refractivity contribution in [1.29, 1.82) is 0 Å². The number of alkyl halides is 2. The van der Waals surface area contributed by atoms with E-state index in [1.165, 1.54) is 18.2 Å². The molecule has 1 fully saturated rings. The number of nitrogens with one attached hydrogen (secondary N) is 2. The van der Waals surface area contributed by atoms with Gasteiger partial charge in [0.2, 0.25) is 5.91 Å². The summed E-state index contributed by atoms with van der Waals surface area (Å²) >= 11 is 0. The van der Waals surface area contributed by atoms with Crippen LogP contribution in [0.4, 0.5) is 13.2 Å². The van der Waals surface area contributed by atoms with Crippen LogP contribution >= 0.6 is 12.4 Å². The van der Waals surface area contributed by atoms with E-state index in [9.17, 15) is 18.0 Å². The van der Waals surface area contributed by atoms with Gasteiger partial charge in [-0.2, -0.15) is 0 Å². The molecular weight excluding hydrogens is 333 g/mol. The van der Waals surface area contributed by atoms with Crippen molar-refractivity contribution in [2.24, 2.45) is 0 Å². The maximum Gasteiger partial charge on any atom is 0.262 e. The zero-order valence-electron chi connectivity index (χ0n) is 12.3. The van der Waals surface area contributed by atoms with Crippen molar-refractivity contribution in [1.82, 2.24) is 10.6 Å². The second-order valence-electron chi connectivity index (χ2n) is 5.50. The van der Waals surface area contributed by atoms with Crippen molar-refractivity contribution in [2.75, 3.05) is 6.54 Å². The van der Waals surface area contributed by atoms with Gasteiger partial charge in [0.15, 0.2) is 0 Å². The van der Waals surface area contributed by atoms with Crippen LogP contribution in [-0.2, 0) is 11.3 Å². The van der Waals surface area contributed by atoms with E-state index in [1.54, 1.807) is 6.92 Å². The summed E-state index contributed by atoms with van der Waals surface area (Å²) in [5.41, 5.74) is 1.24. The Morgan fingerprint density at radius 2 is 2.22 bits per heavy atom. The number of amides is 1. The fraction of sp³-hybridized carbons (Fsp3) is 0.400. The first-order valence-corrected chi connectivity index (χ1v) is 6.92. The maximum atomic E-state index is 13.2. The number of benzene rings is 1. The molecule has 1 atom stereocenters. The highest BCUT2D eigenvalue weighted by Crippen LogP contribution is 2.27. The Morgan fingerprint density at radius 3 is 2.87 bits per heavy atom. The number of furan rings is 1. The second-order valence-corrected chi connectivity index (χ2v) is 5.50. The second kappa shape index (κ2) is 6.41. The smallest absolute Gasteiger partial charge is 0.262 e. The highest BCUT2D eigenvalue weighted by Gasteiger charge is 2.42. The molecule has 8 heteroatoms. The minimum atomic E-state index is -2.85. The van der Waals surface area contributed by atoms with Gasteiger partial charge in [0.05, 0.1) is 19.1 Å². The minimum Gasteiger partial charge on any atom is -0.459 e. The van der Waals surface area contributed by atoms with Gasteiger partial charge in [-0.1, -0.05) is 0 Å². The molecule has 1 aliphatic heterocycles. The predicted molar refractivity (Wildman–Crippen MR) is 81.4 cm³/mol. The lowest BCUT2D eigenvalue weighted by molar-refractivity contribution is -0.123. The van der Waals surface area contributed by atoms with Crippen molar-refractivity contribution in [3.63, 3.8) is 0 Å². The molecule has 0 bridgehead atoms. The van der Waals surface area contributed by atoms with Crippen molar-refractivity contribution in [3.05, 3.63) is 35.3 Å². The van der Waals surface area contributed by atoms with Gasteiger partial charge >= 0.3 is 0 Å². The van der Waals surface area contributed by atoms with E-state index < -0.39 is 30.8 Å². The fourth-order valence-electron chi connectivity index (χ4n) is 2.60. The Hall–Kier alpha value is -1.73. The molecule has 2 heterocycles. The first-order chi connectivity index (χ1) is 10.4. The molecule has 3 rings (SSSR count). The van der Waals surface area contributed by atoms with Crippen LogP contribution in [0.1, 0.15) is 17.7 Å². The number of fused-ring (bicyclic) bond motifs is 1. The Labute approximate surface area is 136 Å².